The summed E-state index contributed by atoms with van der Waals surface area (Å²) in [6, 6.07) is 12.1. The lowest BCUT2D eigenvalue weighted by Crippen LogP contribution is -2.23. The maximum atomic E-state index is 13.6. The largest absolute Gasteiger partial charge is 0.489 e. The minimum Gasteiger partial charge on any atom is -0.489 e. The molecule has 2 heterocycles. The molecule has 0 saturated heterocycles. The highest BCUT2D eigenvalue weighted by atomic mass is 32.1. The summed E-state index contributed by atoms with van der Waals surface area (Å²) in [5.74, 6) is -0.643. The van der Waals surface area contributed by atoms with Gasteiger partial charge in [-0.2, -0.15) is 0 Å². The second kappa shape index (κ2) is 7.28. The van der Waals surface area contributed by atoms with Gasteiger partial charge in [-0.25, -0.2) is 13.8 Å². The van der Waals surface area contributed by atoms with Crippen LogP contribution in [0.3, 0.4) is 0 Å². The smallest absolute Gasteiger partial charge is 0.262 e. The van der Waals surface area contributed by atoms with Gasteiger partial charge in [0.1, 0.15) is 17.3 Å². The molecule has 0 bridgehead atoms. The number of nitrogens with zero attached hydrogens (tertiary/aromatic N) is 2. The van der Waals surface area contributed by atoms with Crippen LogP contribution in [0.2, 0.25) is 0 Å². The van der Waals surface area contributed by atoms with Crippen molar-refractivity contribution in [1.82, 2.24) is 9.55 Å². The Kier molecular flexibility index (Phi) is 4.68. The summed E-state index contributed by atoms with van der Waals surface area (Å²) < 4.78 is 33.6. The van der Waals surface area contributed by atoms with E-state index in [1.54, 1.807) is 24.3 Å². The van der Waals surface area contributed by atoms with E-state index in [0.717, 1.165) is 11.1 Å². The molecule has 0 amide bonds. The summed E-state index contributed by atoms with van der Waals surface area (Å²) in [5.41, 5.74) is 1.26. The van der Waals surface area contributed by atoms with E-state index >= 15 is 0 Å². The molecule has 0 unspecified atom stereocenters. The van der Waals surface area contributed by atoms with Crippen molar-refractivity contribution in [2.45, 2.75) is 6.54 Å². The zero-order valence-corrected chi connectivity index (χ0v) is 14.9. The Morgan fingerprint density at radius 2 is 1.85 bits per heavy atom. The monoisotopic (exact) mass is 384 g/mol. The van der Waals surface area contributed by atoms with Crippen LogP contribution in [0.5, 0.6) is 5.75 Å². The predicted octanol–water partition coefficient (Wildman–Crippen LogP) is 4.48. The van der Waals surface area contributed by atoms with Gasteiger partial charge < -0.3 is 4.74 Å². The first-order chi connectivity index (χ1) is 13.1. The van der Waals surface area contributed by atoms with Gasteiger partial charge in [0, 0.05) is 10.9 Å². The second-order valence-electron chi connectivity index (χ2n) is 5.86. The van der Waals surface area contributed by atoms with Crippen molar-refractivity contribution in [2.24, 2.45) is 0 Å². The number of rotatable bonds is 5. The fourth-order valence-electron chi connectivity index (χ4n) is 2.78. The molecule has 2 aromatic heterocycles. The molecule has 0 fully saturated rings. The van der Waals surface area contributed by atoms with Crippen molar-refractivity contribution in [3.8, 4) is 16.9 Å². The highest BCUT2D eigenvalue weighted by Gasteiger charge is 2.13. The Morgan fingerprint density at radius 3 is 2.63 bits per heavy atom. The fraction of sp³-hybridized carbons (Fsp3) is 0.100. The third-order valence-corrected chi connectivity index (χ3v) is 5.03. The van der Waals surface area contributed by atoms with Crippen molar-refractivity contribution < 1.29 is 13.5 Å². The van der Waals surface area contributed by atoms with Gasteiger partial charge in [-0.1, -0.05) is 24.3 Å². The van der Waals surface area contributed by atoms with Crippen LogP contribution in [0.15, 0.2) is 65.0 Å². The van der Waals surface area contributed by atoms with E-state index < -0.39 is 5.82 Å². The van der Waals surface area contributed by atoms with Crippen LogP contribution in [0.25, 0.3) is 21.3 Å². The molecular formula is C20H14F2N2O2S. The Bertz CT molecular complexity index is 1150. The molecule has 136 valence electrons. The van der Waals surface area contributed by atoms with E-state index in [2.05, 4.69) is 4.98 Å². The van der Waals surface area contributed by atoms with Crippen LogP contribution < -0.4 is 10.3 Å². The first-order valence-corrected chi connectivity index (χ1v) is 9.11. The highest BCUT2D eigenvalue weighted by Crippen LogP contribution is 2.30. The molecule has 0 N–H and O–H groups in total. The quantitative estimate of drug-likeness (QED) is 0.510. The lowest BCUT2D eigenvalue weighted by atomic mass is 10.1. The zero-order valence-electron chi connectivity index (χ0n) is 14.1. The Hall–Kier alpha value is -3.06. The van der Waals surface area contributed by atoms with Gasteiger partial charge in [0.15, 0.2) is 11.6 Å². The van der Waals surface area contributed by atoms with Crippen molar-refractivity contribution in [1.29, 1.82) is 0 Å². The Balaban J connectivity index is 1.62. The maximum Gasteiger partial charge on any atom is 0.262 e. The van der Waals surface area contributed by atoms with Crippen molar-refractivity contribution >= 4 is 21.6 Å². The van der Waals surface area contributed by atoms with Gasteiger partial charge in [-0.05, 0) is 29.8 Å². The second-order valence-corrected chi connectivity index (χ2v) is 6.72. The molecule has 4 aromatic rings. The number of fused-ring (bicyclic) bond motifs is 1. The van der Waals surface area contributed by atoms with E-state index in [-0.39, 0.29) is 30.3 Å². The molecule has 0 spiro atoms. The molecule has 27 heavy (non-hydrogen) atoms. The van der Waals surface area contributed by atoms with Crippen molar-refractivity contribution in [3.05, 3.63) is 82.2 Å². The number of para-hydroxylation sites is 1. The van der Waals surface area contributed by atoms with E-state index in [1.165, 1.54) is 46.5 Å². The average molecular weight is 384 g/mol. The van der Waals surface area contributed by atoms with Crippen molar-refractivity contribution in [3.63, 3.8) is 0 Å². The number of thiophene rings is 1. The summed E-state index contributed by atoms with van der Waals surface area (Å²) in [5, 5.41) is 2.33. The van der Waals surface area contributed by atoms with Gasteiger partial charge >= 0.3 is 0 Å². The van der Waals surface area contributed by atoms with Gasteiger partial charge in [0.25, 0.3) is 5.56 Å². The molecule has 2 aromatic carbocycles. The average Bonchev–Trinajstić information content (AvgIpc) is 3.11. The van der Waals surface area contributed by atoms with E-state index in [0.29, 0.717) is 10.2 Å². The lowest BCUT2D eigenvalue weighted by molar-refractivity contribution is 0.282. The fourth-order valence-corrected chi connectivity index (χ4v) is 3.69. The Labute approximate surface area is 157 Å². The summed E-state index contributed by atoms with van der Waals surface area (Å²) in [4.78, 5) is 17.8. The molecule has 7 heteroatoms. The topological polar surface area (TPSA) is 44.1 Å². The third kappa shape index (κ3) is 3.46. The molecule has 0 radical (unpaired) electrons. The van der Waals surface area contributed by atoms with Crippen LogP contribution in [0.1, 0.15) is 0 Å². The number of hydrogen-bond donors (Lipinski definition) is 0. The number of benzene rings is 2. The third-order valence-electron chi connectivity index (χ3n) is 4.14. The van der Waals surface area contributed by atoms with E-state index in [4.69, 9.17) is 4.74 Å². The zero-order chi connectivity index (χ0) is 18.8. The van der Waals surface area contributed by atoms with Gasteiger partial charge in [-0.15, -0.1) is 11.3 Å². The minimum atomic E-state index is -0.449. The molecule has 0 aliphatic carbocycles. The lowest BCUT2D eigenvalue weighted by Gasteiger charge is -2.09. The van der Waals surface area contributed by atoms with Crippen LogP contribution in [-0.4, -0.2) is 16.2 Å². The number of halogens is 2. The molecule has 0 atom stereocenters. The molecule has 0 aliphatic heterocycles. The summed E-state index contributed by atoms with van der Waals surface area (Å²) >= 11 is 1.36. The normalized spacial score (nSPS) is 11.0. The van der Waals surface area contributed by atoms with Crippen LogP contribution in [0, 0.1) is 11.6 Å². The van der Waals surface area contributed by atoms with E-state index in [9.17, 15) is 13.6 Å². The summed E-state index contributed by atoms with van der Waals surface area (Å²) in [6.07, 6.45) is 1.46. The first kappa shape index (κ1) is 17.4. The standard InChI is InChI=1S/C20H14F2N2O2S/c21-14-7-5-13(6-8-14)15-11-27-19-18(15)20(25)24(12-23-19)9-10-26-17-4-2-1-3-16(17)22/h1-8,11-12H,9-10H2. The molecule has 0 saturated carbocycles. The van der Waals surface area contributed by atoms with Gasteiger partial charge in [0.2, 0.25) is 0 Å². The molecule has 4 rings (SSSR count). The van der Waals surface area contributed by atoms with E-state index in [1.807, 2.05) is 5.38 Å². The number of aromatic nitrogens is 2. The molecule has 0 aliphatic rings. The minimum absolute atomic E-state index is 0.129. The first-order valence-electron chi connectivity index (χ1n) is 8.23. The summed E-state index contributed by atoms with van der Waals surface area (Å²) in [7, 11) is 0. The maximum absolute atomic E-state index is 13.6. The molecule has 4 nitrogen and oxygen atoms in total. The summed E-state index contributed by atoms with van der Waals surface area (Å²) in [6.45, 7) is 0.360. The molecular weight excluding hydrogens is 370 g/mol. The van der Waals surface area contributed by atoms with Crippen molar-refractivity contribution in [2.75, 3.05) is 6.61 Å². The SMILES string of the molecule is O=c1c2c(-c3ccc(F)cc3)csc2ncn1CCOc1ccccc1F. The number of ether oxygens (including phenoxy) is 1. The Morgan fingerprint density at radius 1 is 1.07 bits per heavy atom. The predicted molar refractivity (Wildman–Crippen MR) is 101 cm³/mol. The highest BCUT2D eigenvalue weighted by molar-refractivity contribution is 7.17. The van der Waals surface area contributed by atoms with Gasteiger partial charge in [0.05, 0.1) is 18.3 Å². The van der Waals surface area contributed by atoms with Crippen LogP contribution in [-0.2, 0) is 6.54 Å². The van der Waals surface area contributed by atoms with Crippen LogP contribution in [0.4, 0.5) is 8.78 Å². The number of hydrogen-bond acceptors (Lipinski definition) is 4. The van der Waals surface area contributed by atoms with Crippen LogP contribution >= 0.6 is 11.3 Å². The van der Waals surface area contributed by atoms with Gasteiger partial charge in [-0.3, -0.25) is 9.36 Å².